The van der Waals surface area contributed by atoms with E-state index in [0.717, 1.165) is 45.6 Å². The lowest BCUT2D eigenvalue weighted by molar-refractivity contribution is -0.142. The minimum Gasteiger partial charge on any atom is -0.497 e. The Bertz CT molecular complexity index is 2020. The van der Waals surface area contributed by atoms with Gasteiger partial charge in [-0.15, -0.1) is 0 Å². The molecule has 0 spiro atoms. The summed E-state index contributed by atoms with van der Waals surface area (Å²) in [5, 5.41) is 0. The second-order valence-corrected chi connectivity index (χ2v) is 12.4. The summed E-state index contributed by atoms with van der Waals surface area (Å²) in [6, 6.07) is 35.1. The largest absolute Gasteiger partial charge is 0.497 e. The maximum atomic E-state index is 11.6. The number of carbonyl (C=O) groups is 2. The van der Waals surface area contributed by atoms with E-state index in [0.29, 0.717) is 22.8 Å². The van der Waals surface area contributed by atoms with E-state index in [1.54, 1.807) is 28.1 Å². The van der Waals surface area contributed by atoms with Crippen molar-refractivity contribution in [1.29, 1.82) is 0 Å². The van der Waals surface area contributed by atoms with Crippen LogP contribution in [0.15, 0.2) is 119 Å². The van der Waals surface area contributed by atoms with Crippen LogP contribution in [0.4, 0.5) is 0 Å². The number of methoxy groups -OCH3 is 2. The molecule has 0 aliphatic rings. The van der Waals surface area contributed by atoms with Crippen molar-refractivity contribution >= 4 is 35.0 Å². The Morgan fingerprint density at radius 2 is 0.981 bits per heavy atom. The van der Waals surface area contributed by atoms with Gasteiger partial charge in [-0.3, -0.25) is 9.59 Å². The summed E-state index contributed by atoms with van der Waals surface area (Å²) >= 11 is 2.75. The molecule has 2 aromatic heterocycles. The van der Waals surface area contributed by atoms with E-state index in [1.807, 2.05) is 117 Å². The highest BCUT2D eigenvalue weighted by Gasteiger charge is 2.13. The van der Waals surface area contributed by atoms with Crippen LogP contribution >= 0.6 is 23.1 Å². The predicted molar refractivity (Wildman–Crippen MR) is 201 cm³/mol. The van der Waals surface area contributed by atoms with Gasteiger partial charge in [-0.1, -0.05) is 48.5 Å². The van der Waals surface area contributed by atoms with Crippen LogP contribution in [-0.4, -0.2) is 70.3 Å². The summed E-state index contributed by atoms with van der Waals surface area (Å²) < 4.78 is 24.3. The molecule has 268 valence electrons. The van der Waals surface area contributed by atoms with Crippen LogP contribution < -0.4 is 19.1 Å². The van der Waals surface area contributed by atoms with E-state index < -0.39 is 0 Å². The van der Waals surface area contributed by atoms with Crippen LogP contribution in [0.3, 0.4) is 0 Å². The zero-order valence-electron chi connectivity index (χ0n) is 29.2. The van der Waals surface area contributed by atoms with E-state index in [9.17, 15) is 9.59 Å². The van der Waals surface area contributed by atoms with Crippen molar-refractivity contribution in [2.24, 2.45) is 9.98 Å². The molecule has 14 heteroatoms. The van der Waals surface area contributed by atoms with Crippen LogP contribution in [0.1, 0.15) is 13.8 Å². The molecule has 0 aliphatic heterocycles. The third-order valence-corrected chi connectivity index (χ3v) is 9.01. The smallest absolute Gasteiger partial charge is 0.327 e. The van der Waals surface area contributed by atoms with Crippen LogP contribution in [0.25, 0.3) is 34.2 Å². The predicted octanol–water partition coefficient (Wildman–Crippen LogP) is 6.15. The molecular formula is C38H38N6O6S2. The number of carbonyl (C=O) groups excluding carboxylic acids is 2. The third kappa shape index (κ3) is 10.1. The van der Waals surface area contributed by atoms with E-state index in [2.05, 4.69) is 20.0 Å². The first-order chi connectivity index (χ1) is 25.4. The lowest BCUT2D eigenvalue weighted by Crippen LogP contribution is -2.11. The summed E-state index contributed by atoms with van der Waals surface area (Å²) in [4.78, 5) is 41.9. The first-order valence-corrected chi connectivity index (χ1v) is 17.9. The fourth-order valence-electron chi connectivity index (χ4n) is 4.69. The molecule has 0 atom stereocenters. The standard InChI is InChI=1S/2C19H19N3O3S/c1-3-25-17(23)13-20-19-21-18(14-9-11-16(24-2)12-10-14)22(26-19)15-7-5-4-6-8-15;1-3-25-17(23)13-20-19-21-18(14-7-5-4-6-8-14)22(26-19)15-9-11-16(24-2)12-10-15/h2*4-12H,3,13H2,1-2H3. The number of para-hydroxylation sites is 1. The monoisotopic (exact) mass is 738 g/mol. The molecule has 12 nitrogen and oxygen atoms in total. The quantitative estimate of drug-likeness (QED) is 0.137. The number of ether oxygens (including phenoxy) is 4. The van der Waals surface area contributed by atoms with Gasteiger partial charge >= 0.3 is 11.9 Å². The van der Waals surface area contributed by atoms with Gasteiger partial charge in [0.15, 0.2) is 11.6 Å². The molecule has 52 heavy (non-hydrogen) atoms. The minimum atomic E-state index is -0.361. The topological polar surface area (TPSA) is 131 Å². The van der Waals surface area contributed by atoms with Gasteiger partial charge in [0.1, 0.15) is 24.6 Å². The van der Waals surface area contributed by atoms with Crippen LogP contribution in [-0.2, 0) is 19.1 Å². The molecule has 0 saturated carbocycles. The van der Waals surface area contributed by atoms with Gasteiger partial charge in [-0.25, -0.2) is 17.9 Å². The molecule has 0 bridgehead atoms. The Balaban J connectivity index is 0.000000201. The normalized spacial score (nSPS) is 11.4. The van der Waals surface area contributed by atoms with Crippen LogP contribution in [0, 0.1) is 0 Å². The van der Waals surface area contributed by atoms with Crippen molar-refractivity contribution in [3.05, 3.63) is 119 Å². The average Bonchev–Trinajstić information content (AvgIpc) is 3.83. The van der Waals surface area contributed by atoms with Crippen molar-refractivity contribution < 1.29 is 28.5 Å². The summed E-state index contributed by atoms with van der Waals surface area (Å²) in [7, 11) is 3.27. The lowest BCUT2D eigenvalue weighted by atomic mass is 10.2. The van der Waals surface area contributed by atoms with Crippen molar-refractivity contribution in [2.45, 2.75) is 13.8 Å². The Morgan fingerprint density at radius 1 is 0.577 bits per heavy atom. The highest BCUT2D eigenvalue weighted by atomic mass is 32.1. The Kier molecular flexibility index (Phi) is 13.6. The van der Waals surface area contributed by atoms with E-state index in [-0.39, 0.29) is 25.0 Å². The van der Waals surface area contributed by atoms with Gasteiger partial charge in [-0.05, 0) is 97.6 Å². The molecule has 0 radical (unpaired) electrons. The lowest BCUT2D eigenvalue weighted by Gasteiger charge is -2.07. The molecule has 0 N–H and O–H groups in total. The molecular weight excluding hydrogens is 701 g/mol. The summed E-state index contributed by atoms with van der Waals surface area (Å²) in [6.07, 6.45) is 0. The second kappa shape index (κ2) is 18.9. The highest BCUT2D eigenvalue weighted by Crippen LogP contribution is 2.25. The van der Waals surface area contributed by atoms with E-state index in [4.69, 9.17) is 18.9 Å². The molecule has 6 aromatic rings. The molecule has 0 unspecified atom stereocenters. The third-order valence-electron chi connectivity index (χ3n) is 7.11. The molecule has 0 saturated heterocycles. The number of hydrogen-bond acceptors (Lipinski definition) is 12. The molecule has 0 aliphatic carbocycles. The van der Waals surface area contributed by atoms with Crippen LogP contribution in [0.2, 0.25) is 0 Å². The number of hydrogen-bond donors (Lipinski definition) is 0. The van der Waals surface area contributed by atoms with Gasteiger partial charge in [-0.2, -0.15) is 9.97 Å². The zero-order valence-corrected chi connectivity index (χ0v) is 30.8. The van der Waals surface area contributed by atoms with E-state index >= 15 is 0 Å². The first-order valence-electron chi connectivity index (χ1n) is 16.3. The Hall–Kier alpha value is -5.86. The number of nitrogens with zero attached hydrogens (tertiary/aromatic N) is 6. The number of aromatic nitrogens is 4. The van der Waals surface area contributed by atoms with Crippen LogP contribution in [0.5, 0.6) is 11.5 Å². The van der Waals surface area contributed by atoms with Crippen molar-refractivity contribution in [3.8, 4) is 45.6 Å². The second-order valence-electron chi connectivity index (χ2n) is 10.6. The van der Waals surface area contributed by atoms with Gasteiger partial charge in [0.05, 0.1) is 38.8 Å². The molecule has 0 fully saturated rings. The summed E-state index contributed by atoms with van der Waals surface area (Å²) in [5.41, 5.74) is 3.83. The molecule has 0 amide bonds. The maximum Gasteiger partial charge on any atom is 0.327 e. The molecule has 4 aromatic carbocycles. The van der Waals surface area contributed by atoms with Crippen molar-refractivity contribution in [2.75, 3.05) is 40.5 Å². The number of rotatable bonds is 12. The number of esters is 2. The van der Waals surface area contributed by atoms with E-state index in [1.165, 1.54) is 23.1 Å². The number of benzene rings is 4. The summed E-state index contributed by atoms with van der Waals surface area (Å²) in [5.74, 6) is 2.37. The zero-order chi connectivity index (χ0) is 36.7. The van der Waals surface area contributed by atoms with Gasteiger partial charge < -0.3 is 18.9 Å². The maximum absolute atomic E-state index is 11.6. The fraction of sp³-hybridized carbons (Fsp3) is 0.211. The SMILES string of the molecule is CCOC(=O)CN=c1nc(-c2ccc(OC)cc2)n(-c2ccccc2)s1.CCOC(=O)CN=c1nc(-c2ccccc2)n(-c2ccc(OC)cc2)s1. The van der Waals surface area contributed by atoms with Crippen molar-refractivity contribution in [1.82, 2.24) is 17.9 Å². The van der Waals surface area contributed by atoms with Gasteiger partial charge in [0.2, 0.25) is 9.60 Å². The average molecular weight is 739 g/mol. The van der Waals surface area contributed by atoms with Crippen molar-refractivity contribution in [3.63, 3.8) is 0 Å². The summed E-state index contributed by atoms with van der Waals surface area (Å²) in [6.45, 7) is 4.13. The fourth-order valence-corrected chi connectivity index (χ4v) is 6.44. The first kappa shape index (κ1) is 37.4. The highest BCUT2D eigenvalue weighted by molar-refractivity contribution is 7.04. The Morgan fingerprint density at radius 3 is 1.42 bits per heavy atom. The van der Waals surface area contributed by atoms with Gasteiger partial charge in [0.25, 0.3) is 0 Å². The minimum absolute atomic E-state index is 0.0435. The molecule has 6 rings (SSSR count). The van der Waals surface area contributed by atoms with Gasteiger partial charge in [0, 0.05) is 11.1 Å². The Labute approximate surface area is 309 Å². The molecule has 2 heterocycles.